The van der Waals surface area contributed by atoms with Gasteiger partial charge in [0.15, 0.2) is 0 Å². The van der Waals surface area contributed by atoms with Gasteiger partial charge in [0.1, 0.15) is 12.5 Å². The molecule has 2 aromatic carbocycles. The number of benzene rings is 2. The van der Waals surface area contributed by atoms with Gasteiger partial charge in [-0.1, -0.05) is 24.3 Å². The van der Waals surface area contributed by atoms with Crippen LogP contribution in [-0.2, 0) is 0 Å². The molecule has 4 heteroatoms. The molecule has 0 aliphatic carbocycles. The minimum atomic E-state index is 0.611. The second kappa shape index (κ2) is 4.35. The van der Waals surface area contributed by atoms with Crippen LogP contribution < -0.4 is 0 Å². The van der Waals surface area contributed by atoms with Gasteiger partial charge in [-0.3, -0.25) is 0 Å². The lowest BCUT2D eigenvalue weighted by Crippen LogP contribution is -1.85. The molecule has 2 heterocycles. The number of nitrogens with zero attached hydrogens (tertiary/aromatic N) is 2. The van der Waals surface area contributed by atoms with E-state index in [2.05, 4.69) is 9.97 Å². The van der Waals surface area contributed by atoms with Crippen molar-refractivity contribution in [2.24, 2.45) is 0 Å². The third kappa shape index (κ3) is 1.62. The van der Waals surface area contributed by atoms with Crippen molar-refractivity contribution in [1.82, 2.24) is 9.97 Å². The molecule has 96 valence electrons. The van der Waals surface area contributed by atoms with Crippen LogP contribution in [0.1, 0.15) is 0 Å². The molecule has 0 aliphatic heterocycles. The van der Waals surface area contributed by atoms with Crippen LogP contribution in [-0.4, -0.2) is 9.97 Å². The Morgan fingerprint density at radius 1 is 0.650 bits per heavy atom. The zero-order valence-corrected chi connectivity index (χ0v) is 10.5. The molecule has 4 nitrogen and oxygen atoms in total. The minimum Gasteiger partial charge on any atom is -0.445 e. The van der Waals surface area contributed by atoms with Crippen molar-refractivity contribution in [2.75, 3.05) is 0 Å². The fourth-order valence-corrected chi connectivity index (χ4v) is 2.40. The molecule has 0 spiro atoms. The second-order valence-corrected chi connectivity index (χ2v) is 4.38. The van der Waals surface area contributed by atoms with Gasteiger partial charge in [0.05, 0.1) is 12.4 Å². The van der Waals surface area contributed by atoms with Gasteiger partial charge in [-0.2, -0.15) is 0 Å². The summed E-state index contributed by atoms with van der Waals surface area (Å²) in [5.41, 5.74) is 1.92. The van der Waals surface area contributed by atoms with E-state index < -0.39 is 0 Å². The van der Waals surface area contributed by atoms with Crippen LogP contribution in [0.5, 0.6) is 0 Å². The van der Waals surface area contributed by atoms with E-state index in [-0.39, 0.29) is 0 Å². The fraction of sp³-hybridized carbons (Fsp3) is 0. The topological polar surface area (TPSA) is 52.1 Å². The highest BCUT2D eigenvalue weighted by Gasteiger charge is 2.12. The molecular weight excluding hydrogens is 252 g/mol. The quantitative estimate of drug-likeness (QED) is 0.544. The van der Waals surface area contributed by atoms with Gasteiger partial charge in [-0.25, -0.2) is 9.97 Å². The third-order valence-electron chi connectivity index (χ3n) is 3.25. The summed E-state index contributed by atoms with van der Waals surface area (Å²) in [5, 5.41) is 2.12. The third-order valence-corrected chi connectivity index (χ3v) is 3.25. The molecule has 0 atom stereocenters. The first-order valence-electron chi connectivity index (χ1n) is 6.25. The lowest BCUT2D eigenvalue weighted by atomic mass is 10.00. The Morgan fingerprint density at radius 2 is 1.15 bits per heavy atom. The normalized spacial score (nSPS) is 11.0. The summed E-state index contributed by atoms with van der Waals surface area (Å²) in [4.78, 5) is 8.45. The molecular formula is C16H10N2O2. The molecule has 0 saturated heterocycles. The Labute approximate surface area is 114 Å². The van der Waals surface area contributed by atoms with Crippen LogP contribution in [0.2, 0.25) is 0 Å². The van der Waals surface area contributed by atoms with Crippen molar-refractivity contribution < 1.29 is 8.83 Å². The van der Waals surface area contributed by atoms with Crippen LogP contribution in [0.4, 0.5) is 0 Å². The van der Waals surface area contributed by atoms with Gasteiger partial charge in [0.2, 0.25) is 11.8 Å². The van der Waals surface area contributed by atoms with E-state index in [9.17, 15) is 0 Å². The van der Waals surface area contributed by atoms with Crippen molar-refractivity contribution in [1.29, 1.82) is 0 Å². The van der Waals surface area contributed by atoms with E-state index in [0.717, 1.165) is 21.9 Å². The Morgan fingerprint density at radius 3 is 1.55 bits per heavy atom. The predicted octanol–water partition coefficient (Wildman–Crippen LogP) is 4.15. The van der Waals surface area contributed by atoms with Gasteiger partial charge in [-0.05, 0) is 22.9 Å². The van der Waals surface area contributed by atoms with Crippen LogP contribution in [0, 0.1) is 0 Å². The Balaban J connectivity index is 2.04. The summed E-state index contributed by atoms with van der Waals surface area (Å²) in [5.74, 6) is 1.22. The molecule has 4 rings (SSSR count). The number of hydrogen-bond acceptors (Lipinski definition) is 4. The van der Waals surface area contributed by atoms with Crippen LogP contribution in [0.15, 0.2) is 70.2 Å². The zero-order chi connectivity index (χ0) is 13.4. The average molecular weight is 262 g/mol. The number of fused-ring (bicyclic) bond motifs is 1. The van der Waals surface area contributed by atoms with Crippen LogP contribution in [0.25, 0.3) is 33.7 Å². The number of oxazole rings is 2. The van der Waals surface area contributed by atoms with Gasteiger partial charge < -0.3 is 8.83 Å². The van der Waals surface area contributed by atoms with Gasteiger partial charge in [-0.15, -0.1) is 0 Å². The van der Waals surface area contributed by atoms with E-state index in [1.807, 2.05) is 36.4 Å². The largest absolute Gasteiger partial charge is 0.445 e. The maximum atomic E-state index is 5.41. The molecule has 20 heavy (non-hydrogen) atoms. The monoisotopic (exact) mass is 262 g/mol. The maximum Gasteiger partial charge on any atom is 0.226 e. The zero-order valence-electron chi connectivity index (χ0n) is 10.5. The number of hydrogen-bond donors (Lipinski definition) is 0. The number of aromatic nitrogens is 2. The summed E-state index contributed by atoms with van der Waals surface area (Å²) >= 11 is 0. The molecule has 0 amide bonds. The molecule has 4 aromatic rings. The van der Waals surface area contributed by atoms with E-state index in [0.29, 0.717) is 11.8 Å². The SMILES string of the molecule is c1cc(-c2ncco2)c2cccc(-c3ncco3)c2c1. The van der Waals surface area contributed by atoms with E-state index in [1.54, 1.807) is 24.9 Å². The summed E-state index contributed by atoms with van der Waals surface area (Å²) in [6.45, 7) is 0. The van der Waals surface area contributed by atoms with E-state index >= 15 is 0 Å². The predicted molar refractivity (Wildman–Crippen MR) is 74.9 cm³/mol. The maximum absolute atomic E-state index is 5.41. The van der Waals surface area contributed by atoms with Crippen molar-refractivity contribution in [3.63, 3.8) is 0 Å². The Kier molecular flexibility index (Phi) is 2.39. The lowest BCUT2D eigenvalue weighted by molar-refractivity contribution is 0.574. The molecule has 0 bridgehead atoms. The first-order valence-corrected chi connectivity index (χ1v) is 6.25. The van der Waals surface area contributed by atoms with Crippen molar-refractivity contribution >= 4 is 10.8 Å². The summed E-state index contributed by atoms with van der Waals surface area (Å²) < 4.78 is 10.8. The van der Waals surface area contributed by atoms with Crippen LogP contribution in [0.3, 0.4) is 0 Å². The Hall–Kier alpha value is -2.88. The molecule has 0 unspecified atom stereocenters. The second-order valence-electron chi connectivity index (χ2n) is 4.38. The first-order chi connectivity index (χ1) is 9.93. The van der Waals surface area contributed by atoms with Gasteiger partial charge >= 0.3 is 0 Å². The smallest absolute Gasteiger partial charge is 0.226 e. The molecule has 0 aliphatic rings. The molecule has 0 fully saturated rings. The highest BCUT2D eigenvalue weighted by Crippen LogP contribution is 2.33. The highest BCUT2D eigenvalue weighted by atomic mass is 16.3. The summed E-state index contributed by atoms with van der Waals surface area (Å²) in [7, 11) is 0. The average Bonchev–Trinajstić information content (AvgIpc) is 3.19. The lowest BCUT2D eigenvalue weighted by Gasteiger charge is -2.06. The molecule has 0 saturated carbocycles. The fourth-order valence-electron chi connectivity index (χ4n) is 2.40. The first kappa shape index (κ1) is 11.0. The van der Waals surface area contributed by atoms with E-state index in [4.69, 9.17) is 8.83 Å². The van der Waals surface area contributed by atoms with Crippen molar-refractivity contribution in [3.05, 3.63) is 61.3 Å². The summed E-state index contributed by atoms with van der Waals surface area (Å²) in [6.07, 6.45) is 6.44. The Bertz CT molecular complexity index is 776. The molecule has 2 aromatic heterocycles. The summed E-state index contributed by atoms with van der Waals surface area (Å²) in [6, 6.07) is 12.0. The number of rotatable bonds is 2. The van der Waals surface area contributed by atoms with Gasteiger partial charge in [0, 0.05) is 11.1 Å². The van der Waals surface area contributed by atoms with E-state index in [1.165, 1.54) is 0 Å². The molecule has 0 radical (unpaired) electrons. The van der Waals surface area contributed by atoms with Crippen molar-refractivity contribution in [3.8, 4) is 22.9 Å². The standard InChI is InChI=1S/C16H10N2O2/c1-3-11-12(13(5-1)15-17-7-9-19-15)4-2-6-14(11)16-18-8-10-20-16/h1-10H. The van der Waals surface area contributed by atoms with Gasteiger partial charge in [0.25, 0.3) is 0 Å². The van der Waals surface area contributed by atoms with Crippen LogP contribution >= 0.6 is 0 Å². The molecule has 0 N–H and O–H groups in total. The van der Waals surface area contributed by atoms with Crippen molar-refractivity contribution in [2.45, 2.75) is 0 Å². The highest BCUT2D eigenvalue weighted by molar-refractivity contribution is 6.02. The minimum absolute atomic E-state index is 0.611.